The Morgan fingerprint density at radius 3 is 2.62 bits per heavy atom. The fraction of sp³-hybridized carbons (Fsp3) is 0.200. The van der Waals surface area contributed by atoms with Crippen LogP contribution in [0.25, 0.3) is 6.08 Å². The number of halogens is 2. The summed E-state index contributed by atoms with van der Waals surface area (Å²) in [4.78, 5) is 12.5. The third kappa shape index (κ3) is 2.58. The van der Waals surface area contributed by atoms with E-state index >= 15 is 0 Å². The number of benzene rings is 1. The van der Waals surface area contributed by atoms with Gasteiger partial charge in [0.05, 0.1) is 20.7 Å². The molecule has 0 unspecified atom stereocenters. The molecule has 0 fully saturated rings. The minimum Gasteiger partial charge on any atom is -0.506 e. The first kappa shape index (κ1) is 14.5. The Balaban J connectivity index is 2.00. The van der Waals surface area contributed by atoms with Crippen LogP contribution < -0.4 is 0 Å². The van der Waals surface area contributed by atoms with Gasteiger partial charge in [0, 0.05) is 18.3 Å². The number of aromatic hydroxyl groups is 1. The second-order valence-corrected chi connectivity index (χ2v) is 6.67. The molecule has 1 aliphatic carbocycles. The van der Waals surface area contributed by atoms with E-state index in [0.717, 1.165) is 23.3 Å². The van der Waals surface area contributed by atoms with Crippen molar-refractivity contribution in [3.8, 4) is 5.75 Å². The molecule has 0 saturated carbocycles. The van der Waals surface area contributed by atoms with E-state index in [4.69, 9.17) is 0 Å². The predicted octanol–water partition coefficient (Wildman–Crippen LogP) is 3.86. The zero-order valence-corrected chi connectivity index (χ0v) is 14.4. The number of ketones is 1. The smallest absolute Gasteiger partial charge is 0.192 e. The number of hydrogen-bond acceptors (Lipinski definition) is 3. The van der Waals surface area contributed by atoms with Crippen LogP contribution in [-0.4, -0.2) is 20.7 Å². The van der Waals surface area contributed by atoms with Gasteiger partial charge >= 0.3 is 0 Å². The molecular formula is C15H12Br2N2O2. The van der Waals surface area contributed by atoms with Crippen molar-refractivity contribution in [2.75, 3.05) is 0 Å². The molecule has 21 heavy (non-hydrogen) atoms. The maximum atomic E-state index is 12.5. The number of phenolic OH excluding ortho intramolecular Hbond substituents is 1. The van der Waals surface area contributed by atoms with Crippen LogP contribution in [0.1, 0.15) is 28.0 Å². The third-order valence-electron chi connectivity index (χ3n) is 3.61. The Bertz CT molecular complexity index is 755. The molecule has 1 aliphatic rings. The molecule has 108 valence electrons. The Morgan fingerprint density at radius 1 is 1.29 bits per heavy atom. The lowest BCUT2D eigenvalue weighted by atomic mass is 9.90. The molecule has 0 radical (unpaired) electrons. The van der Waals surface area contributed by atoms with Gasteiger partial charge in [-0.15, -0.1) is 0 Å². The number of phenols is 1. The van der Waals surface area contributed by atoms with Crippen LogP contribution >= 0.6 is 31.9 Å². The highest BCUT2D eigenvalue weighted by molar-refractivity contribution is 9.11. The summed E-state index contributed by atoms with van der Waals surface area (Å²) < 4.78 is 2.95. The number of nitrogens with zero attached hydrogens (tertiary/aromatic N) is 2. The lowest BCUT2D eigenvalue weighted by Gasteiger charge is -2.15. The second-order valence-electron chi connectivity index (χ2n) is 4.96. The van der Waals surface area contributed by atoms with Crippen LogP contribution in [0.5, 0.6) is 5.75 Å². The fourth-order valence-corrected chi connectivity index (χ4v) is 3.72. The van der Waals surface area contributed by atoms with E-state index in [1.165, 1.54) is 0 Å². The minimum absolute atomic E-state index is 0.0321. The molecule has 0 spiro atoms. The minimum atomic E-state index is 0.0321. The summed E-state index contributed by atoms with van der Waals surface area (Å²) in [6.07, 6.45) is 5.01. The zero-order valence-electron chi connectivity index (χ0n) is 11.2. The van der Waals surface area contributed by atoms with Gasteiger partial charge in [0.2, 0.25) is 0 Å². The first-order valence-electron chi connectivity index (χ1n) is 6.41. The van der Waals surface area contributed by atoms with Gasteiger partial charge in [0.25, 0.3) is 0 Å². The van der Waals surface area contributed by atoms with Gasteiger partial charge in [-0.2, -0.15) is 5.10 Å². The van der Waals surface area contributed by atoms with Gasteiger partial charge in [0.15, 0.2) is 5.78 Å². The summed E-state index contributed by atoms with van der Waals surface area (Å²) in [6, 6.07) is 3.58. The average Bonchev–Trinajstić information content (AvgIpc) is 2.81. The van der Waals surface area contributed by atoms with E-state index in [9.17, 15) is 9.90 Å². The van der Waals surface area contributed by atoms with Gasteiger partial charge in [-0.05, 0) is 68.5 Å². The number of allylic oxidation sites excluding steroid dienone is 1. The molecule has 0 bridgehead atoms. The number of fused-ring (bicyclic) bond motifs is 1. The SMILES string of the molecule is Cn1ncc2c1CC/C(=C\c1cc(Br)c(O)c(Br)c1)C2=O. The molecular weight excluding hydrogens is 400 g/mol. The van der Waals surface area contributed by atoms with Gasteiger partial charge < -0.3 is 5.11 Å². The normalized spacial score (nSPS) is 16.3. The van der Waals surface area contributed by atoms with E-state index in [0.29, 0.717) is 20.9 Å². The van der Waals surface area contributed by atoms with Gasteiger partial charge in [-0.3, -0.25) is 9.48 Å². The molecule has 0 atom stereocenters. The second kappa shape index (κ2) is 5.42. The van der Waals surface area contributed by atoms with Crippen LogP contribution in [-0.2, 0) is 13.5 Å². The Morgan fingerprint density at radius 2 is 1.95 bits per heavy atom. The molecule has 4 nitrogen and oxygen atoms in total. The average molecular weight is 412 g/mol. The monoisotopic (exact) mass is 410 g/mol. The first-order chi connectivity index (χ1) is 9.97. The topological polar surface area (TPSA) is 55.1 Å². The Hall–Kier alpha value is -1.40. The van der Waals surface area contributed by atoms with Crippen molar-refractivity contribution < 1.29 is 9.90 Å². The Kier molecular flexibility index (Phi) is 3.75. The number of hydrogen-bond donors (Lipinski definition) is 1. The van der Waals surface area contributed by atoms with E-state index in [1.807, 2.05) is 13.1 Å². The molecule has 1 heterocycles. The molecule has 0 amide bonds. The number of rotatable bonds is 1. The highest BCUT2D eigenvalue weighted by Crippen LogP contribution is 2.35. The summed E-state index contributed by atoms with van der Waals surface area (Å²) in [5.41, 5.74) is 3.30. The van der Waals surface area contributed by atoms with E-state index in [2.05, 4.69) is 37.0 Å². The van der Waals surface area contributed by atoms with Crippen LogP contribution in [0.2, 0.25) is 0 Å². The highest BCUT2D eigenvalue weighted by atomic mass is 79.9. The fourth-order valence-electron chi connectivity index (χ4n) is 2.50. The number of aromatic nitrogens is 2. The zero-order chi connectivity index (χ0) is 15.1. The maximum absolute atomic E-state index is 12.5. The van der Waals surface area contributed by atoms with E-state index < -0.39 is 0 Å². The van der Waals surface area contributed by atoms with E-state index in [-0.39, 0.29) is 11.5 Å². The largest absolute Gasteiger partial charge is 0.506 e. The molecule has 1 aromatic heterocycles. The third-order valence-corrected chi connectivity index (χ3v) is 4.82. The lowest BCUT2D eigenvalue weighted by Crippen LogP contribution is -2.14. The van der Waals surface area contributed by atoms with Crippen molar-refractivity contribution in [3.05, 3.63) is 49.7 Å². The summed E-state index contributed by atoms with van der Waals surface area (Å²) in [5, 5.41) is 13.9. The standard InChI is InChI=1S/C15H12Br2N2O2/c1-19-13-3-2-9(14(20)10(13)7-18-19)4-8-5-11(16)15(21)12(17)6-8/h4-7,21H,2-3H2,1H3/b9-4+. The first-order valence-corrected chi connectivity index (χ1v) is 8.00. The molecule has 1 N–H and O–H groups in total. The van der Waals surface area contributed by atoms with Crippen LogP contribution in [0, 0.1) is 0 Å². The van der Waals surface area contributed by atoms with Crippen molar-refractivity contribution >= 4 is 43.7 Å². The van der Waals surface area contributed by atoms with Crippen molar-refractivity contribution in [1.82, 2.24) is 9.78 Å². The summed E-state index contributed by atoms with van der Waals surface area (Å²) in [6.45, 7) is 0. The van der Waals surface area contributed by atoms with E-state index in [1.54, 1.807) is 23.0 Å². The molecule has 3 rings (SSSR count). The Labute approximate surface area is 138 Å². The summed E-state index contributed by atoms with van der Waals surface area (Å²) >= 11 is 6.60. The van der Waals surface area contributed by atoms with Gasteiger partial charge in [-0.1, -0.05) is 0 Å². The molecule has 1 aromatic carbocycles. The molecule has 0 aliphatic heterocycles. The van der Waals surface area contributed by atoms with Crippen LogP contribution in [0.3, 0.4) is 0 Å². The predicted molar refractivity (Wildman–Crippen MR) is 87.3 cm³/mol. The molecule has 6 heteroatoms. The lowest BCUT2D eigenvalue weighted by molar-refractivity contribution is 0.102. The number of carbonyl (C=O) groups is 1. The number of aryl methyl sites for hydroxylation is 1. The summed E-state index contributed by atoms with van der Waals surface area (Å²) in [5.74, 6) is 0.186. The van der Waals surface area contributed by atoms with Crippen molar-refractivity contribution in [2.24, 2.45) is 7.05 Å². The number of Topliss-reactive ketones (excluding diaryl/α,β-unsaturated/α-hetero) is 1. The van der Waals surface area contributed by atoms with Gasteiger partial charge in [-0.25, -0.2) is 0 Å². The molecule has 2 aromatic rings. The highest BCUT2D eigenvalue weighted by Gasteiger charge is 2.25. The quantitative estimate of drug-likeness (QED) is 0.724. The van der Waals surface area contributed by atoms with Crippen molar-refractivity contribution in [3.63, 3.8) is 0 Å². The maximum Gasteiger partial charge on any atom is 0.192 e. The van der Waals surface area contributed by atoms with Crippen molar-refractivity contribution in [1.29, 1.82) is 0 Å². The summed E-state index contributed by atoms with van der Waals surface area (Å²) in [7, 11) is 1.86. The van der Waals surface area contributed by atoms with Gasteiger partial charge in [0.1, 0.15) is 5.75 Å². The molecule has 0 saturated heterocycles. The van der Waals surface area contributed by atoms with Crippen molar-refractivity contribution in [2.45, 2.75) is 12.8 Å². The van der Waals surface area contributed by atoms with Crippen LogP contribution in [0.4, 0.5) is 0 Å². The van der Waals surface area contributed by atoms with Crippen LogP contribution in [0.15, 0.2) is 32.8 Å². The number of carbonyl (C=O) groups excluding carboxylic acids is 1.